The zero-order chi connectivity index (χ0) is 20.5. The molecular weight excluding hydrogens is 398 g/mol. The number of nitrogens with one attached hydrogen (secondary N) is 1. The van der Waals surface area contributed by atoms with Crippen molar-refractivity contribution in [3.8, 4) is 0 Å². The molecule has 152 valence electrons. The Morgan fingerprint density at radius 2 is 1.97 bits per heavy atom. The molecule has 1 saturated heterocycles. The quantitative estimate of drug-likeness (QED) is 0.290. The van der Waals surface area contributed by atoms with E-state index in [0.717, 1.165) is 30.4 Å². The number of carbonyl (C=O) groups is 1. The highest BCUT2D eigenvalue weighted by Crippen LogP contribution is 2.24. The first-order valence-electron chi connectivity index (χ1n) is 10.0. The Labute approximate surface area is 177 Å². The van der Waals surface area contributed by atoms with Gasteiger partial charge in [0, 0.05) is 29.3 Å². The van der Waals surface area contributed by atoms with Gasteiger partial charge >= 0.3 is 0 Å². The Morgan fingerprint density at radius 3 is 2.80 bits per heavy atom. The lowest BCUT2D eigenvalue weighted by molar-refractivity contribution is 0.0937. The van der Waals surface area contributed by atoms with Crippen LogP contribution in [0.15, 0.2) is 64.7 Å². The topological polar surface area (TPSA) is 77.0 Å². The van der Waals surface area contributed by atoms with E-state index in [2.05, 4.69) is 4.98 Å². The predicted octanol–water partition coefficient (Wildman–Crippen LogP) is 4.03. The Kier molecular flexibility index (Phi) is 5.14. The van der Waals surface area contributed by atoms with Crippen molar-refractivity contribution in [2.45, 2.75) is 30.6 Å². The molecule has 1 fully saturated rings. The van der Waals surface area contributed by atoms with Crippen LogP contribution in [-0.4, -0.2) is 38.8 Å². The molecule has 5 rings (SSSR count). The first-order valence-corrected chi connectivity index (χ1v) is 11.0. The highest BCUT2D eigenvalue weighted by molar-refractivity contribution is 7.99. The number of para-hydroxylation sites is 2. The summed E-state index contributed by atoms with van der Waals surface area (Å²) in [6, 6.07) is 15.1. The van der Waals surface area contributed by atoms with Crippen molar-refractivity contribution in [3.05, 3.63) is 70.6 Å². The minimum atomic E-state index is -0.0851. The molecule has 0 amide bonds. The SMILES string of the molecule is O=C(CSc1nc2ccccc2c(=O)n1CC1CCCO1)c1c[nH]c2ccccc12. The molecule has 4 aromatic rings. The van der Waals surface area contributed by atoms with E-state index in [9.17, 15) is 9.59 Å². The summed E-state index contributed by atoms with van der Waals surface area (Å²) in [4.78, 5) is 33.9. The molecule has 0 radical (unpaired) electrons. The first kappa shape index (κ1) is 19.1. The van der Waals surface area contributed by atoms with Crippen LogP contribution in [0.1, 0.15) is 23.2 Å². The minimum absolute atomic E-state index is 0.00326. The van der Waals surface area contributed by atoms with Gasteiger partial charge in [0.2, 0.25) is 0 Å². The van der Waals surface area contributed by atoms with Gasteiger partial charge in [0.15, 0.2) is 10.9 Å². The second-order valence-corrected chi connectivity index (χ2v) is 8.36. The molecule has 1 atom stereocenters. The number of Topliss-reactive ketones (excluding diaryl/α,β-unsaturated/α-hetero) is 1. The summed E-state index contributed by atoms with van der Waals surface area (Å²) >= 11 is 1.31. The van der Waals surface area contributed by atoms with Crippen LogP contribution in [-0.2, 0) is 11.3 Å². The average Bonchev–Trinajstić information content (AvgIpc) is 3.44. The molecule has 3 heterocycles. The van der Waals surface area contributed by atoms with Gasteiger partial charge < -0.3 is 9.72 Å². The molecule has 1 aliphatic heterocycles. The van der Waals surface area contributed by atoms with Crippen molar-refractivity contribution in [2.24, 2.45) is 0 Å². The van der Waals surface area contributed by atoms with Crippen molar-refractivity contribution in [3.63, 3.8) is 0 Å². The number of aromatic nitrogens is 3. The van der Waals surface area contributed by atoms with Gasteiger partial charge in [-0.25, -0.2) is 4.98 Å². The largest absolute Gasteiger partial charge is 0.376 e. The number of ketones is 1. The van der Waals surface area contributed by atoms with Crippen molar-refractivity contribution in [1.29, 1.82) is 0 Å². The zero-order valence-corrected chi connectivity index (χ0v) is 17.2. The zero-order valence-electron chi connectivity index (χ0n) is 16.3. The number of aromatic amines is 1. The molecule has 1 aliphatic rings. The number of benzene rings is 2. The summed E-state index contributed by atoms with van der Waals surface area (Å²) in [5.41, 5.74) is 2.16. The Hall–Kier alpha value is -2.90. The summed E-state index contributed by atoms with van der Waals surface area (Å²) in [5, 5.41) is 2.05. The molecule has 0 spiro atoms. The van der Waals surface area contributed by atoms with Crippen molar-refractivity contribution in [2.75, 3.05) is 12.4 Å². The lowest BCUT2D eigenvalue weighted by atomic mass is 10.1. The minimum Gasteiger partial charge on any atom is -0.376 e. The highest BCUT2D eigenvalue weighted by atomic mass is 32.2. The summed E-state index contributed by atoms with van der Waals surface area (Å²) in [5.74, 6) is 0.210. The molecule has 1 unspecified atom stereocenters. The molecular formula is C23H21N3O3S. The van der Waals surface area contributed by atoms with Gasteiger partial charge in [-0.15, -0.1) is 0 Å². The van der Waals surface area contributed by atoms with Gasteiger partial charge in [-0.3, -0.25) is 14.2 Å². The second kappa shape index (κ2) is 8.08. The fourth-order valence-corrected chi connectivity index (χ4v) is 4.81. The standard InChI is InChI=1S/C23H21N3O3S/c27-21(18-12-24-19-9-3-1-7-16(18)19)14-30-23-25-20-10-4-2-8-17(20)22(28)26(23)13-15-6-5-11-29-15/h1-4,7-10,12,15,24H,5-6,11,13-14H2. The average molecular weight is 420 g/mol. The van der Waals surface area contributed by atoms with Crippen molar-refractivity contribution >= 4 is 39.4 Å². The number of ether oxygens (including phenoxy) is 1. The molecule has 2 aromatic heterocycles. The Balaban J connectivity index is 1.46. The Morgan fingerprint density at radius 1 is 1.17 bits per heavy atom. The number of fused-ring (bicyclic) bond motifs is 2. The monoisotopic (exact) mass is 419 g/mol. The van der Waals surface area contributed by atoms with Gasteiger partial charge in [0.1, 0.15) is 0 Å². The maximum Gasteiger partial charge on any atom is 0.262 e. The van der Waals surface area contributed by atoms with Gasteiger partial charge in [0.05, 0.1) is 29.3 Å². The number of nitrogens with zero attached hydrogens (tertiary/aromatic N) is 2. The Bertz CT molecular complexity index is 1290. The van der Waals surface area contributed by atoms with Crippen LogP contribution in [0.25, 0.3) is 21.8 Å². The third kappa shape index (κ3) is 3.55. The van der Waals surface area contributed by atoms with Gasteiger partial charge in [-0.1, -0.05) is 42.1 Å². The van der Waals surface area contributed by atoms with E-state index in [-0.39, 0.29) is 23.2 Å². The lowest BCUT2D eigenvalue weighted by Gasteiger charge is -2.16. The molecule has 0 aliphatic carbocycles. The molecule has 7 heteroatoms. The summed E-state index contributed by atoms with van der Waals surface area (Å²) in [6.07, 6.45) is 3.69. The molecule has 30 heavy (non-hydrogen) atoms. The van der Waals surface area contributed by atoms with Crippen molar-refractivity contribution < 1.29 is 9.53 Å². The summed E-state index contributed by atoms with van der Waals surface area (Å²) < 4.78 is 7.42. The van der Waals surface area contributed by atoms with Crippen LogP contribution < -0.4 is 5.56 Å². The van der Waals surface area contributed by atoms with Gasteiger partial charge in [-0.2, -0.15) is 0 Å². The first-order chi connectivity index (χ1) is 14.7. The van der Waals surface area contributed by atoms with Crippen LogP contribution in [0.5, 0.6) is 0 Å². The van der Waals surface area contributed by atoms with Crippen molar-refractivity contribution in [1.82, 2.24) is 14.5 Å². The number of hydrogen-bond acceptors (Lipinski definition) is 5. The molecule has 6 nitrogen and oxygen atoms in total. The molecule has 2 aromatic carbocycles. The maximum absolute atomic E-state index is 13.1. The fraction of sp³-hybridized carbons (Fsp3) is 0.261. The van der Waals surface area contributed by atoms with Crippen LogP contribution in [0.2, 0.25) is 0 Å². The normalized spacial score (nSPS) is 16.5. The molecule has 0 bridgehead atoms. The van der Waals surface area contributed by atoms with Gasteiger partial charge in [0.25, 0.3) is 5.56 Å². The third-order valence-corrected chi connectivity index (χ3v) is 6.44. The highest BCUT2D eigenvalue weighted by Gasteiger charge is 2.21. The van der Waals surface area contributed by atoms with Crippen LogP contribution in [0, 0.1) is 0 Å². The van der Waals surface area contributed by atoms with Gasteiger partial charge in [-0.05, 0) is 31.0 Å². The van der Waals surface area contributed by atoms with E-state index in [4.69, 9.17) is 9.72 Å². The number of rotatable bonds is 6. The van der Waals surface area contributed by atoms with Crippen LogP contribution >= 0.6 is 11.8 Å². The third-order valence-electron chi connectivity index (χ3n) is 5.46. The molecule has 0 saturated carbocycles. The van der Waals surface area contributed by atoms with E-state index in [1.807, 2.05) is 42.5 Å². The number of H-pyrrole nitrogens is 1. The van der Waals surface area contributed by atoms with Crippen LogP contribution in [0.4, 0.5) is 0 Å². The number of thioether (sulfide) groups is 1. The predicted molar refractivity (Wildman–Crippen MR) is 118 cm³/mol. The van der Waals surface area contributed by atoms with E-state index in [0.29, 0.717) is 28.2 Å². The van der Waals surface area contributed by atoms with E-state index >= 15 is 0 Å². The number of carbonyl (C=O) groups excluding carboxylic acids is 1. The number of hydrogen-bond donors (Lipinski definition) is 1. The van der Waals surface area contributed by atoms with E-state index < -0.39 is 0 Å². The lowest BCUT2D eigenvalue weighted by Crippen LogP contribution is -2.29. The van der Waals surface area contributed by atoms with E-state index in [1.54, 1.807) is 16.8 Å². The fourth-order valence-electron chi connectivity index (χ4n) is 3.92. The second-order valence-electron chi connectivity index (χ2n) is 7.42. The molecule has 1 N–H and O–H groups in total. The summed E-state index contributed by atoms with van der Waals surface area (Å²) in [6.45, 7) is 1.18. The van der Waals surface area contributed by atoms with E-state index in [1.165, 1.54) is 11.8 Å². The van der Waals surface area contributed by atoms with Crippen LogP contribution in [0.3, 0.4) is 0 Å². The summed E-state index contributed by atoms with van der Waals surface area (Å²) in [7, 11) is 0. The maximum atomic E-state index is 13.1. The smallest absolute Gasteiger partial charge is 0.262 e.